The average Bonchev–Trinajstić information content (AvgIpc) is 2.71. The van der Waals surface area contributed by atoms with Gasteiger partial charge in [-0.2, -0.15) is 16.9 Å². The second-order valence-electron chi connectivity index (χ2n) is 4.35. The zero-order valence-electron chi connectivity index (χ0n) is 11.5. The fraction of sp³-hybridized carbons (Fsp3) is 0.667. The molecule has 1 aromatic heterocycles. The van der Waals surface area contributed by atoms with Gasteiger partial charge < -0.3 is 11.1 Å². The van der Waals surface area contributed by atoms with Crippen molar-refractivity contribution < 1.29 is 4.79 Å². The summed E-state index contributed by atoms with van der Waals surface area (Å²) in [5, 5.41) is 6.93. The highest BCUT2D eigenvalue weighted by Crippen LogP contribution is 2.29. The van der Waals surface area contributed by atoms with Gasteiger partial charge in [-0.1, -0.05) is 13.8 Å². The van der Waals surface area contributed by atoms with Crippen LogP contribution < -0.4 is 11.1 Å². The summed E-state index contributed by atoms with van der Waals surface area (Å²) in [6.07, 6.45) is 5.62. The van der Waals surface area contributed by atoms with Gasteiger partial charge in [0.15, 0.2) is 0 Å². The number of nitrogen functional groups attached to an aromatic ring is 1. The number of thioether (sulfide) groups is 1. The zero-order valence-corrected chi connectivity index (χ0v) is 12.3. The molecular formula is C12H22N4OS. The third-order valence-electron chi connectivity index (χ3n) is 3.47. The third-order valence-corrected chi connectivity index (χ3v) is 5.06. The molecule has 102 valence electrons. The van der Waals surface area contributed by atoms with Crippen LogP contribution in [0.15, 0.2) is 6.20 Å². The van der Waals surface area contributed by atoms with E-state index in [4.69, 9.17) is 5.73 Å². The van der Waals surface area contributed by atoms with Crippen LogP contribution in [0.2, 0.25) is 0 Å². The van der Waals surface area contributed by atoms with Gasteiger partial charge in [0, 0.05) is 18.3 Å². The lowest BCUT2D eigenvalue weighted by atomic mass is 10.0. The number of nitrogens with one attached hydrogen (secondary N) is 1. The molecule has 1 aromatic rings. The smallest absolute Gasteiger partial charge is 0.271 e. The van der Waals surface area contributed by atoms with Gasteiger partial charge in [0.05, 0.1) is 11.9 Å². The largest absolute Gasteiger partial charge is 0.396 e. The van der Waals surface area contributed by atoms with E-state index in [9.17, 15) is 4.79 Å². The monoisotopic (exact) mass is 270 g/mol. The maximum atomic E-state index is 12.1. The molecule has 1 rings (SSSR count). The quantitative estimate of drug-likeness (QED) is 0.824. The topological polar surface area (TPSA) is 72.9 Å². The molecule has 0 aliphatic carbocycles. The van der Waals surface area contributed by atoms with Gasteiger partial charge in [-0.3, -0.25) is 9.48 Å². The maximum Gasteiger partial charge on any atom is 0.271 e. The molecule has 3 N–H and O–H groups in total. The fourth-order valence-electron chi connectivity index (χ4n) is 1.92. The molecule has 5 nitrogen and oxygen atoms in total. The number of aryl methyl sites for hydroxylation is 1. The van der Waals surface area contributed by atoms with Gasteiger partial charge in [-0.05, 0) is 19.1 Å². The highest BCUT2D eigenvalue weighted by molar-refractivity contribution is 8.00. The highest BCUT2D eigenvalue weighted by Gasteiger charge is 2.26. The Morgan fingerprint density at radius 1 is 1.56 bits per heavy atom. The van der Waals surface area contributed by atoms with E-state index < -0.39 is 0 Å². The Balaban J connectivity index is 2.72. The molecule has 1 heterocycles. The van der Waals surface area contributed by atoms with Crippen molar-refractivity contribution in [3.8, 4) is 0 Å². The van der Waals surface area contributed by atoms with Crippen molar-refractivity contribution >= 4 is 23.4 Å². The van der Waals surface area contributed by atoms with E-state index in [1.807, 2.05) is 0 Å². The van der Waals surface area contributed by atoms with Crippen LogP contribution in [-0.2, 0) is 7.05 Å². The second-order valence-corrected chi connectivity index (χ2v) is 5.62. The van der Waals surface area contributed by atoms with Crippen molar-refractivity contribution in [1.29, 1.82) is 0 Å². The van der Waals surface area contributed by atoms with E-state index in [0.717, 1.165) is 12.8 Å². The number of anilines is 1. The lowest BCUT2D eigenvalue weighted by Gasteiger charge is -2.29. The van der Waals surface area contributed by atoms with Gasteiger partial charge in [-0.25, -0.2) is 0 Å². The molecule has 6 heteroatoms. The Morgan fingerprint density at radius 2 is 2.17 bits per heavy atom. The molecule has 0 spiro atoms. The number of aromatic nitrogens is 2. The predicted molar refractivity (Wildman–Crippen MR) is 76.8 cm³/mol. The minimum atomic E-state index is -0.159. The van der Waals surface area contributed by atoms with Crippen LogP contribution in [-0.4, -0.2) is 33.2 Å². The summed E-state index contributed by atoms with van der Waals surface area (Å²) >= 11 is 1.80. The molecule has 0 radical (unpaired) electrons. The van der Waals surface area contributed by atoms with Crippen LogP contribution in [0, 0.1) is 0 Å². The van der Waals surface area contributed by atoms with Gasteiger partial charge in [0.2, 0.25) is 0 Å². The minimum absolute atomic E-state index is 0.100. The van der Waals surface area contributed by atoms with Crippen molar-refractivity contribution in [2.24, 2.45) is 7.05 Å². The van der Waals surface area contributed by atoms with Crippen LogP contribution in [0.4, 0.5) is 5.69 Å². The molecule has 0 saturated carbocycles. The Bertz CT molecular complexity index is 384. The molecule has 0 atom stereocenters. The number of carbonyl (C=O) groups is 1. The van der Waals surface area contributed by atoms with E-state index in [-0.39, 0.29) is 10.7 Å². The molecule has 0 fully saturated rings. The molecule has 1 amide bonds. The first kappa shape index (κ1) is 14.9. The molecule has 0 unspecified atom stereocenters. The number of nitrogens with two attached hydrogens (primary N) is 1. The van der Waals surface area contributed by atoms with E-state index in [1.54, 1.807) is 18.8 Å². The first-order valence-corrected chi connectivity index (χ1v) is 7.33. The minimum Gasteiger partial charge on any atom is -0.396 e. The molecule has 0 bridgehead atoms. The van der Waals surface area contributed by atoms with E-state index in [2.05, 4.69) is 30.5 Å². The normalized spacial score (nSPS) is 11.6. The summed E-state index contributed by atoms with van der Waals surface area (Å²) in [5.41, 5.74) is 6.57. The summed E-state index contributed by atoms with van der Waals surface area (Å²) in [4.78, 5) is 12.1. The zero-order chi connectivity index (χ0) is 13.8. The number of hydrogen-bond acceptors (Lipinski definition) is 4. The van der Waals surface area contributed by atoms with Crippen LogP contribution in [0.5, 0.6) is 0 Å². The Labute approximate surface area is 112 Å². The first-order valence-electron chi connectivity index (χ1n) is 6.10. The SMILES string of the molecule is CCC(CC)(CNC(=O)c1c(N)cnn1C)SC. The Kier molecular flexibility index (Phi) is 5.07. The van der Waals surface area contributed by atoms with E-state index in [0.29, 0.717) is 17.9 Å². The standard InChI is InChI=1S/C12H22N4OS/c1-5-12(6-2,18-4)8-14-11(17)10-9(13)7-15-16(10)3/h7H,5-6,8,13H2,1-4H3,(H,14,17). The van der Waals surface area contributed by atoms with Crippen LogP contribution in [0.3, 0.4) is 0 Å². The summed E-state index contributed by atoms with van der Waals surface area (Å²) < 4.78 is 1.60. The van der Waals surface area contributed by atoms with Gasteiger partial charge in [0.25, 0.3) is 5.91 Å². The molecule has 0 aromatic carbocycles. The number of carbonyl (C=O) groups excluding carboxylic acids is 1. The van der Waals surface area contributed by atoms with E-state index in [1.165, 1.54) is 10.9 Å². The second kappa shape index (κ2) is 6.13. The summed E-state index contributed by atoms with van der Waals surface area (Å²) in [6, 6.07) is 0. The van der Waals surface area contributed by atoms with Crippen LogP contribution in [0.25, 0.3) is 0 Å². The predicted octanol–water partition coefficient (Wildman–Crippen LogP) is 1.65. The summed E-state index contributed by atoms with van der Waals surface area (Å²) in [5.74, 6) is -0.159. The van der Waals surface area contributed by atoms with Gasteiger partial charge >= 0.3 is 0 Å². The lowest BCUT2D eigenvalue weighted by molar-refractivity contribution is 0.0940. The Hall–Kier alpha value is -1.17. The Morgan fingerprint density at radius 3 is 2.56 bits per heavy atom. The van der Waals surface area contributed by atoms with Gasteiger partial charge in [0.1, 0.15) is 5.69 Å². The van der Waals surface area contributed by atoms with Crippen molar-refractivity contribution in [3.05, 3.63) is 11.9 Å². The van der Waals surface area contributed by atoms with Crippen LogP contribution in [0.1, 0.15) is 37.2 Å². The number of rotatable bonds is 6. The summed E-state index contributed by atoms with van der Waals surface area (Å²) in [7, 11) is 1.72. The molecule has 0 aliphatic heterocycles. The van der Waals surface area contributed by atoms with Crippen LogP contribution >= 0.6 is 11.8 Å². The van der Waals surface area contributed by atoms with Crippen molar-refractivity contribution in [1.82, 2.24) is 15.1 Å². The number of hydrogen-bond donors (Lipinski definition) is 2. The highest BCUT2D eigenvalue weighted by atomic mass is 32.2. The lowest BCUT2D eigenvalue weighted by Crippen LogP contribution is -2.40. The molecule has 0 aliphatic rings. The maximum absolute atomic E-state index is 12.1. The fourth-order valence-corrected chi connectivity index (χ4v) is 2.71. The van der Waals surface area contributed by atoms with Crippen molar-refractivity contribution in [3.63, 3.8) is 0 Å². The summed E-state index contributed by atoms with van der Waals surface area (Å²) in [6.45, 7) is 4.93. The third kappa shape index (κ3) is 2.98. The van der Waals surface area contributed by atoms with Crippen molar-refractivity contribution in [2.75, 3.05) is 18.5 Å². The van der Waals surface area contributed by atoms with Gasteiger partial charge in [-0.15, -0.1) is 0 Å². The average molecular weight is 270 g/mol. The van der Waals surface area contributed by atoms with E-state index >= 15 is 0 Å². The van der Waals surface area contributed by atoms with Crippen molar-refractivity contribution in [2.45, 2.75) is 31.4 Å². The molecule has 18 heavy (non-hydrogen) atoms. The first-order chi connectivity index (χ1) is 8.49. The molecular weight excluding hydrogens is 248 g/mol. The number of nitrogens with zero attached hydrogens (tertiary/aromatic N) is 2. The number of amides is 1. The molecule has 0 saturated heterocycles.